The van der Waals surface area contributed by atoms with E-state index in [4.69, 9.17) is 10.6 Å². The molecule has 7 nitrogen and oxygen atoms in total. The van der Waals surface area contributed by atoms with Crippen molar-refractivity contribution in [2.24, 2.45) is 5.84 Å². The molecule has 1 fully saturated rings. The van der Waals surface area contributed by atoms with Crippen LogP contribution in [0.3, 0.4) is 0 Å². The Kier molecular flexibility index (Phi) is 5.08. The van der Waals surface area contributed by atoms with Crippen molar-refractivity contribution in [1.82, 2.24) is 15.3 Å². The first-order chi connectivity index (χ1) is 10.0. The van der Waals surface area contributed by atoms with E-state index in [1.54, 1.807) is 13.3 Å². The van der Waals surface area contributed by atoms with Crippen molar-refractivity contribution < 1.29 is 9.53 Å². The molecule has 0 aliphatic heterocycles. The Labute approximate surface area is 124 Å². The quantitative estimate of drug-likeness (QED) is 0.556. The van der Waals surface area contributed by atoms with Crippen molar-refractivity contribution in [3.63, 3.8) is 0 Å². The monoisotopic (exact) mass is 293 g/mol. The maximum Gasteiger partial charge on any atom is 0.272 e. The molecule has 2 rings (SSSR count). The van der Waals surface area contributed by atoms with Crippen molar-refractivity contribution >= 4 is 11.6 Å². The van der Waals surface area contributed by atoms with Gasteiger partial charge in [-0.15, -0.1) is 0 Å². The van der Waals surface area contributed by atoms with E-state index in [0.29, 0.717) is 11.5 Å². The van der Waals surface area contributed by atoms with Gasteiger partial charge in [0.25, 0.3) is 5.91 Å². The predicted molar refractivity (Wildman–Crippen MR) is 79.8 cm³/mol. The Balaban J connectivity index is 2.12. The van der Waals surface area contributed by atoms with Gasteiger partial charge in [0.05, 0.1) is 18.0 Å². The fourth-order valence-electron chi connectivity index (χ4n) is 2.49. The maximum absolute atomic E-state index is 12.4. The minimum atomic E-state index is -0.228. The summed E-state index contributed by atoms with van der Waals surface area (Å²) in [6.07, 6.45) is 4.47. The molecule has 2 unspecified atom stereocenters. The molecule has 0 spiro atoms. The average molecular weight is 293 g/mol. The Bertz CT molecular complexity index is 506. The molecule has 1 aromatic rings. The molecule has 1 aliphatic rings. The van der Waals surface area contributed by atoms with Gasteiger partial charge in [-0.05, 0) is 19.3 Å². The molecular formula is C14H23N5O2. The van der Waals surface area contributed by atoms with Gasteiger partial charge in [0.1, 0.15) is 5.82 Å². The molecule has 1 heterocycles. The van der Waals surface area contributed by atoms with Gasteiger partial charge in [0.15, 0.2) is 5.69 Å². The van der Waals surface area contributed by atoms with Crippen LogP contribution in [0.2, 0.25) is 0 Å². The van der Waals surface area contributed by atoms with Gasteiger partial charge in [-0.3, -0.25) is 10.6 Å². The van der Waals surface area contributed by atoms with Gasteiger partial charge in [-0.1, -0.05) is 13.8 Å². The Hall–Kier alpha value is -1.73. The maximum atomic E-state index is 12.4. The van der Waals surface area contributed by atoms with Crippen molar-refractivity contribution in [3.05, 3.63) is 17.7 Å². The summed E-state index contributed by atoms with van der Waals surface area (Å²) in [5, 5.41) is 3.00. The number of anilines is 1. The van der Waals surface area contributed by atoms with Crippen LogP contribution in [0.4, 0.5) is 5.69 Å². The van der Waals surface area contributed by atoms with E-state index in [2.05, 4.69) is 20.7 Å². The highest BCUT2D eigenvalue weighted by molar-refractivity contribution is 5.97. The number of rotatable bonds is 5. The van der Waals surface area contributed by atoms with E-state index < -0.39 is 0 Å². The first kappa shape index (κ1) is 15.7. The summed E-state index contributed by atoms with van der Waals surface area (Å²) in [4.78, 5) is 20.9. The highest BCUT2D eigenvalue weighted by Gasteiger charge is 2.27. The number of amides is 1. The summed E-state index contributed by atoms with van der Waals surface area (Å²) < 4.78 is 5.31. The second kappa shape index (κ2) is 6.82. The van der Waals surface area contributed by atoms with E-state index in [0.717, 1.165) is 19.3 Å². The fraction of sp³-hybridized carbons (Fsp3) is 0.643. The number of carbonyl (C=O) groups is 1. The van der Waals surface area contributed by atoms with E-state index in [9.17, 15) is 4.79 Å². The zero-order chi connectivity index (χ0) is 15.4. The van der Waals surface area contributed by atoms with Gasteiger partial charge in [0.2, 0.25) is 0 Å². The number of carbonyl (C=O) groups excluding carboxylic acids is 1. The van der Waals surface area contributed by atoms with Crippen LogP contribution in [0.25, 0.3) is 0 Å². The minimum Gasteiger partial charge on any atom is -0.381 e. The van der Waals surface area contributed by atoms with E-state index in [1.807, 2.05) is 13.8 Å². The lowest BCUT2D eigenvalue weighted by atomic mass is 10.2. The minimum absolute atomic E-state index is 0.116. The Morgan fingerprint density at radius 2 is 2.24 bits per heavy atom. The standard InChI is InChI=1S/C14H23N5O2/c1-8(2)13-16-7-11(19-15)12(18-13)14(20)17-9-4-5-10(6-9)21-3/h7-10,19H,4-6,15H2,1-3H3,(H,17,20). The Morgan fingerprint density at radius 1 is 1.48 bits per heavy atom. The molecule has 116 valence electrons. The molecule has 21 heavy (non-hydrogen) atoms. The van der Waals surface area contributed by atoms with Crippen LogP contribution in [0.15, 0.2) is 6.20 Å². The van der Waals surface area contributed by atoms with Crippen molar-refractivity contribution in [3.8, 4) is 0 Å². The van der Waals surface area contributed by atoms with Crippen LogP contribution in [0.5, 0.6) is 0 Å². The first-order valence-corrected chi connectivity index (χ1v) is 7.22. The van der Waals surface area contributed by atoms with Crippen LogP contribution in [0, 0.1) is 0 Å². The highest BCUT2D eigenvalue weighted by atomic mass is 16.5. The molecule has 1 aromatic heterocycles. The molecule has 0 aromatic carbocycles. The second-order valence-electron chi connectivity index (χ2n) is 5.63. The van der Waals surface area contributed by atoms with Gasteiger partial charge >= 0.3 is 0 Å². The third-order valence-electron chi connectivity index (χ3n) is 3.75. The van der Waals surface area contributed by atoms with Crippen LogP contribution in [0.1, 0.15) is 55.3 Å². The van der Waals surface area contributed by atoms with Crippen molar-refractivity contribution in [1.29, 1.82) is 0 Å². The highest BCUT2D eigenvalue weighted by Crippen LogP contribution is 2.22. The summed E-state index contributed by atoms with van der Waals surface area (Å²) in [7, 11) is 1.70. The largest absolute Gasteiger partial charge is 0.381 e. The van der Waals surface area contributed by atoms with E-state index in [-0.39, 0.29) is 29.7 Å². The predicted octanol–water partition coefficient (Wildman–Crippen LogP) is 1.18. The summed E-state index contributed by atoms with van der Waals surface area (Å²) >= 11 is 0. The molecular weight excluding hydrogens is 270 g/mol. The number of nitrogen functional groups attached to an aromatic ring is 1. The lowest BCUT2D eigenvalue weighted by Gasteiger charge is -2.15. The molecule has 1 aliphatic carbocycles. The summed E-state index contributed by atoms with van der Waals surface area (Å²) in [6, 6.07) is 0.116. The molecule has 7 heteroatoms. The number of nitrogens with one attached hydrogen (secondary N) is 2. The van der Waals surface area contributed by atoms with Crippen LogP contribution in [-0.4, -0.2) is 35.1 Å². The molecule has 0 saturated heterocycles. The molecule has 1 saturated carbocycles. The number of aromatic nitrogens is 2. The number of nitrogens with two attached hydrogens (primary N) is 1. The summed E-state index contributed by atoms with van der Waals surface area (Å²) in [6.45, 7) is 3.96. The molecule has 1 amide bonds. The molecule has 2 atom stereocenters. The molecule has 4 N–H and O–H groups in total. The zero-order valence-corrected chi connectivity index (χ0v) is 12.7. The van der Waals surface area contributed by atoms with E-state index >= 15 is 0 Å². The van der Waals surface area contributed by atoms with Gasteiger partial charge < -0.3 is 15.5 Å². The zero-order valence-electron chi connectivity index (χ0n) is 12.7. The lowest BCUT2D eigenvalue weighted by Crippen LogP contribution is -2.35. The van der Waals surface area contributed by atoms with Crippen LogP contribution >= 0.6 is 0 Å². The number of hydrogen-bond donors (Lipinski definition) is 3. The van der Waals surface area contributed by atoms with Crippen LogP contribution in [-0.2, 0) is 4.74 Å². The third kappa shape index (κ3) is 3.68. The van der Waals surface area contributed by atoms with Gasteiger partial charge in [-0.25, -0.2) is 9.97 Å². The number of ether oxygens (including phenoxy) is 1. The fourth-order valence-corrected chi connectivity index (χ4v) is 2.49. The number of methoxy groups -OCH3 is 1. The SMILES string of the molecule is COC1CCC(NC(=O)c2nc(C(C)C)ncc2NN)C1. The molecule has 0 bridgehead atoms. The Morgan fingerprint density at radius 3 is 2.81 bits per heavy atom. The smallest absolute Gasteiger partial charge is 0.272 e. The normalized spacial score (nSPS) is 21.6. The average Bonchev–Trinajstić information content (AvgIpc) is 2.94. The first-order valence-electron chi connectivity index (χ1n) is 7.22. The summed E-state index contributed by atoms with van der Waals surface area (Å²) in [5.74, 6) is 5.98. The topological polar surface area (TPSA) is 102 Å². The number of hydrogen-bond acceptors (Lipinski definition) is 6. The van der Waals surface area contributed by atoms with Crippen LogP contribution < -0.4 is 16.6 Å². The number of nitrogens with zero attached hydrogens (tertiary/aromatic N) is 2. The van der Waals surface area contributed by atoms with Gasteiger partial charge in [-0.2, -0.15) is 0 Å². The van der Waals surface area contributed by atoms with Crippen molar-refractivity contribution in [2.75, 3.05) is 12.5 Å². The second-order valence-corrected chi connectivity index (χ2v) is 5.63. The van der Waals surface area contributed by atoms with E-state index in [1.165, 1.54) is 0 Å². The van der Waals surface area contributed by atoms with Crippen molar-refractivity contribution in [2.45, 2.75) is 51.2 Å². The van der Waals surface area contributed by atoms with Gasteiger partial charge in [0, 0.05) is 19.1 Å². The lowest BCUT2D eigenvalue weighted by molar-refractivity contribution is 0.0911. The third-order valence-corrected chi connectivity index (χ3v) is 3.75. The molecule has 0 radical (unpaired) electrons. The summed E-state index contributed by atoms with van der Waals surface area (Å²) in [5.41, 5.74) is 3.19. The number of hydrazine groups is 1.